The second-order valence-corrected chi connectivity index (χ2v) is 3.40. The second kappa shape index (κ2) is 3.11. The van der Waals surface area contributed by atoms with Crippen molar-refractivity contribution in [2.75, 3.05) is 0 Å². The first kappa shape index (κ1) is 10.7. The third-order valence-electron chi connectivity index (χ3n) is 1.98. The van der Waals surface area contributed by atoms with E-state index in [1.54, 1.807) is 0 Å². The molecule has 0 aliphatic rings. The van der Waals surface area contributed by atoms with Crippen molar-refractivity contribution >= 4 is 5.91 Å². The molecule has 0 spiro atoms. The molecule has 6 heteroatoms. The molecule has 0 saturated heterocycles. The molecule has 0 saturated carbocycles. The van der Waals surface area contributed by atoms with Crippen LogP contribution < -0.4 is 0 Å². The smallest absolute Gasteiger partial charge is 0.276 e. The van der Waals surface area contributed by atoms with Gasteiger partial charge in [0.05, 0.1) is 0 Å². The number of rotatable bonds is 1. The Bertz CT molecular complexity index is 327. The summed E-state index contributed by atoms with van der Waals surface area (Å²) in [4.78, 5) is 14.9. The minimum absolute atomic E-state index is 0.827. The van der Waals surface area contributed by atoms with Crippen LogP contribution in [-0.2, 0) is 0 Å². The predicted octanol–water partition coefficient (Wildman–Crippen LogP) is 2.11. The van der Waals surface area contributed by atoms with Gasteiger partial charge >= 0.3 is 6.18 Å². The third-order valence-corrected chi connectivity index (χ3v) is 1.98. The average Bonchev–Trinajstić information content (AvgIpc) is 2.52. The van der Waals surface area contributed by atoms with Gasteiger partial charge in [0, 0.05) is 12.4 Å². The molecule has 0 aliphatic carbocycles. The maximum atomic E-state index is 12.4. The van der Waals surface area contributed by atoms with Crippen LogP contribution in [0.2, 0.25) is 0 Å². The van der Waals surface area contributed by atoms with Gasteiger partial charge in [0.2, 0.25) is 5.91 Å². The number of alkyl halides is 3. The fourth-order valence-corrected chi connectivity index (χ4v) is 0.823. The molecular weight excluding hydrogens is 197 g/mol. The summed E-state index contributed by atoms with van der Waals surface area (Å²) in [7, 11) is 0. The maximum Gasteiger partial charge on any atom is 0.402 e. The second-order valence-electron chi connectivity index (χ2n) is 3.40. The molecule has 0 aromatic carbocycles. The van der Waals surface area contributed by atoms with Gasteiger partial charge in [-0.3, -0.25) is 9.36 Å². The number of imidazole rings is 1. The van der Waals surface area contributed by atoms with Gasteiger partial charge < -0.3 is 0 Å². The van der Waals surface area contributed by atoms with Gasteiger partial charge in [-0.05, 0) is 13.8 Å². The van der Waals surface area contributed by atoms with E-state index in [0.717, 1.165) is 24.7 Å². The third kappa shape index (κ3) is 1.64. The number of carbonyl (C=O) groups excluding carboxylic acids is 1. The van der Waals surface area contributed by atoms with E-state index in [1.807, 2.05) is 0 Å². The highest BCUT2D eigenvalue weighted by atomic mass is 19.4. The molecule has 3 nitrogen and oxygen atoms in total. The summed E-state index contributed by atoms with van der Waals surface area (Å²) in [5.41, 5.74) is -2.40. The monoisotopic (exact) mass is 206 g/mol. The molecule has 0 aliphatic heterocycles. The Kier molecular flexibility index (Phi) is 2.39. The lowest BCUT2D eigenvalue weighted by Crippen LogP contribution is -2.42. The van der Waals surface area contributed by atoms with Crippen LogP contribution in [0.3, 0.4) is 0 Å². The van der Waals surface area contributed by atoms with Gasteiger partial charge in [0.15, 0.2) is 0 Å². The summed E-state index contributed by atoms with van der Waals surface area (Å²) in [6.45, 7) is 1.69. The number of carbonyl (C=O) groups is 1. The molecular formula is C8H9F3N2O. The molecule has 1 aromatic heterocycles. The number of nitrogens with zero attached hydrogens (tertiary/aromatic N) is 2. The molecule has 0 atom stereocenters. The normalized spacial score (nSPS) is 12.9. The van der Waals surface area contributed by atoms with Crippen LogP contribution in [0.25, 0.3) is 0 Å². The van der Waals surface area contributed by atoms with Crippen LogP contribution in [-0.4, -0.2) is 21.6 Å². The van der Waals surface area contributed by atoms with Crippen LogP contribution in [0.5, 0.6) is 0 Å². The number of hydrogen-bond donors (Lipinski definition) is 0. The predicted molar refractivity (Wildman–Crippen MR) is 42.7 cm³/mol. The van der Waals surface area contributed by atoms with Gasteiger partial charge in [-0.2, -0.15) is 13.2 Å². The van der Waals surface area contributed by atoms with E-state index in [0.29, 0.717) is 0 Å². The molecule has 0 unspecified atom stereocenters. The highest BCUT2D eigenvalue weighted by Crippen LogP contribution is 2.38. The lowest BCUT2D eigenvalue weighted by molar-refractivity contribution is -0.193. The van der Waals surface area contributed by atoms with E-state index in [9.17, 15) is 18.0 Å². The highest BCUT2D eigenvalue weighted by Gasteiger charge is 2.53. The highest BCUT2D eigenvalue weighted by molar-refractivity contribution is 5.84. The molecule has 1 heterocycles. The van der Waals surface area contributed by atoms with Crippen molar-refractivity contribution < 1.29 is 18.0 Å². The molecule has 0 radical (unpaired) electrons. The zero-order valence-electron chi connectivity index (χ0n) is 7.67. The summed E-state index contributed by atoms with van der Waals surface area (Å²) in [6, 6.07) is 0. The molecule has 1 rings (SSSR count). The van der Waals surface area contributed by atoms with E-state index < -0.39 is 17.5 Å². The SMILES string of the molecule is CC(C)(C(=O)n1ccnc1)C(F)(F)F. The number of aromatic nitrogens is 2. The first-order chi connectivity index (χ1) is 6.27. The summed E-state index contributed by atoms with van der Waals surface area (Å²) in [5.74, 6) is -1.04. The van der Waals surface area contributed by atoms with Crippen molar-refractivity contribution in [3.63, 3.8) is 0 Å². The van der Waals surface area contributed by atoms with Crippen LogP contribution in [0, 0.1) is 5.41 Å². The Morgan fingerprint density at radius 3 is 2.29 bits per heavy atom. The Hall–Kier alpha value is -1.33. The van der Waals surface area contributed by atoms with Crippen molar-refractivity contribution in [3.8, 4) is 0 Å². The Morgan fingerprint density at radius 1 is 1.36 bits per heavy atom. The van der Waals surface area contributed by atoms with Crippen molar-refractivity contribution in [2.45, 2.75) is 20.0 Å². The minimum Gasteiger partial charge on any atom is -0.276 e. The van der Waals surface area contributed by atoms with Crippen LogP contribution in [0.1, 0.15) is 18.6 Å². The van der Waals surface area contributed by atoms with Crippen LogP contribution >= 0.6 is 0 Å². The zero-order chi connectivity index (χ0) is 11.0. The molecule has 14 heavy (non-hydrogen) atoms. The molecule has 0 fully saturated rings. The largest absolute Gasteiger partial charge is 0.402 e. The molecule has 0 bridgehead atoms. The number of halogens is 3. The van der Waals surface area contributed by atoms with E-state index in [1.165, 1.54) is 12.4 Å². The van der Waals surface area contributed by atoms with Crippen molar-refractivity contribution in [2.24, 2.45) is 5.41 Å². The standard InChI is InChI=1S/C8H9F3N2O/c1-7(2,8(9,10)11)6(14)13-4-3-12-5-13/h3-5H,1-2H3. The molecule has 0 N–H and O–H groups in total. The van der Waals surface area contributed by atoms with E-state index >= 15 is 0 Å². The van der Waals surface area contributed by atoms with Gasteiger partial charge in [0.25, 0.3) is 0 Å². The Labute approximate surface area is 78.6 Å². The summed E-state index contributed by atoms with van der Waals surface area (Å²) < 4.78 is 38.1. The van der Waals surface area contributed by atoms with Gasteiger partial charge in [0.1, 0.15) is 11.7 Å². The quantitative estimate of drug-likeness (QED) is 0.705. The Morgan fingerprint density at radius 2 is 1.93 bits per heavy atom. The molecule has 0 amide bonds. The molecule has 78 valence electrons. The maximum absolute atomic E-state index is 12.4. The summed E-state index contributed by atoms with van der Waals surface area (Å²) >= 11 is 0. The summed E-state index contributed by atoms with van der Waals surface area (Å²) in [5, 5.41) is 0. The fraction of sp³-hybridized carbons (Fsp3) is 0.500. The first-order valence-electron chi connectivity index (χ1n) is 3.86. The lowest BCUT2D eigenvalue weighted by atomic mass is 9.91. The van der Waals surface area contributed by atoms with Crippen LogP contribution in [0.4, 0.5) is 13.2 Å². The minimum atomic E-state index is -4.56. The average molecular weight is 206 g/mol. The summed E-state index contributed by atoms with van der Waals surface area (Å²) in [6.07, 6.45) is -1.07. The Balaban J connectivity index is 3.01. The van der Waals surface area contributed by atoms with Gasteiger partial charge in [-0.1, -0.05) is 0 Å². The van der Waals surface area contributed by atoms with Crippen molar-refractivity contribution in [3.05, 3.63) is 18.7 Å². The number of hydrogen-bond acceptors (Lipinski definition) is 2. The molecule has 1 aromatic rings. The zero-order valence-corrected chi connectivity index (χ0v) is 7.67. The fourth-order valence-electron chi connectivity index (χ4n) is 0.823. The topological polar surface area (TPSA) is 34.9 Å². The van der Waals surface area contributed by atoms with E-state index in [2.05, 4.69) is 4.98 Å². The van der Waals surface area contributed by atoms with E-state index in [-0.39, 0.29) is 0 Å². The van der Waals surface area contributed by atoms with Crippen LogP contribution in [0.15, 0.2) is 18.7 Å². The van der Waals surface area contributed by atoms with Gasteiger partial charge in [-0.15, -0.1) is 0 Å². The lowest BCUT2D eigenvalue weighted by Gasteiger charge is -2.25. The first-order valence-corrected chi connectivity index (χ1v) is 3.86. The van der Waals surface area contributed by atoms with Crippen molar-refractivity contribution in [1.82, 2.24) is 9.55 Å². The van der Waals surface area contributed by atoms with Crippen molar-refractivity contribution in [1.29, 1.82) is 0 Å². The van der Waals surface area contributed by atoms with E-state index in [4.69, 9.17) is 0 Å². The van der Waals surface area contributed by atoms with Gasteiger partial charge in [-0.25, -0.2) is 4.98 Å².